The second-order valence-electron chi connectivity index (χ2n) is 4.40. The van der Waals surface area contributed by atoms with Gasteiger partial charge < -0.3 is 15.4 Å². The Kier molecular flexibility index (Phi) is 6.97. The number of hydrogen-bond acceptors (Lipinski definition) is 3. The standard InChI is InChI=1S/C15H24N2O2/c1-3-11-19-14-8-5-7-13(12-14)15(18)17(4-2)10-6-9-16/h5,7-8,12H,3-4,6,9-11,16H2,1-2H3. The molecule has 0 bridgehead atoms. The largest absolute Gasteiger partial charge is 0.494 e. The molecule has 0 heterocycles. The van der Waals surface area contributed by atoms with Crippen LogP contribution < -0.4 is 10.5 Å². The highest BCUT2D eigenvalue weighted by Gasteiger charge is 2.14. The molecular formula is C15H24N2O2. The van der Waals surface area contributed by atoms with E-state index >= 15 is 0 Å². The van der Waals surface area contributed by atoms with E-state index in [4.69, 9.17) is 10.5 Å². The van der Waals surface area contributed by atoms with Crippen molar-refractivity contribution in [3.05, 3.63) is 29.8 Å². The molecule has 0 fully saturated rings. The van der Waals surface area contributed by atoms with Crippen molar-refractivity contribution in [1.29, 1.82) is 0 Å². The molecule has 2 N–H and O–H groups in total. The molecule has 106 valence electrons. The molecule has 1 aromatic rings. The van der Waals surface area contributed by atoms with E-state index in [0.29, 0.717) is 31.8 Å². The van der Waals surface area contributed by atoms with Crippen molar-refractivity contribution in [3.8, 4) is 5.75 Å². The van der Waals surface area contributed by atoms with Crippen LogP contribution in [0.5, 0.6) is 5.75 Å². The van der Waals surface area contributed by atoms with Gasteiger partial charge in [0.25, 0.3) is 5.91 Å². The third-order valence-corrected chi connectivity index (χ3v) is 2.85. The Morgan fingerprint density at radius 2 is 2.16 bits per heavy atom. The fraction of sp³-hybridized carbons (Fsp3) is 0.533. The first-order chi connectivity index (χ1) is 9.22. The van der Waals surface area contributed by atoms with Crippen LogP contribution in [0.25, 0.3) is 0 Å². The SMILES string of the molecule is CCCOc1cccc(C(=O)N(CC)CCCN)c1. The lowest BCUT2D eigenvalue weighted by atomic mass is 10.2. The highest BCUT2D eigenvalue weighted by atomic mass is 16.5. The second-order valence-corrected chi connectivity index (χ2v) is 4.40. The quantitative estimate of drug-likeness (QED) is 0.783. The molecule has 1 amide bonds. The smallest absolute Gasteiger partial charge is 0.253 e. The summed E-state index contributed by atoms with van der Waals surface area (Å²) in [4.78, 5) is 14.1. The summed E-state index contributed by atoms with van der Waals surface area (Å²) in [6, 6.07) is 7.37. The van der Waals surface area contributed by atoms with Crippen molar-refractivity contribution in [2.45, 2.75) is 26.7 Å². The van der Waals surface area contributed by atoms with Crippen molar-refractivity contribution in [1.82, 2.24) is 4.90 Å². The molecular weight excluding hydrogens is 240 g/mol. The molecule has 0 atom stereocenters. The van der Waals surface area contributed by atoms with E-state index in [9.17, 15) is 4.79 Å². The maximum absolute atomic E-state index is 12.3. The fourth-order valence-corrected chi connectivity index (χ4v) is 1.81. The minimum atomic E-state index is 0.0397. The van der Waals surface area contributed by atoms with Crippen LogP contribution in [0.4, 0.5) is 0 Å². The van der Waals surface area contributed by atoms with E-state index in [0.717, 1.165) is 18.6 Å². The Morgan fingerprint density at radius 3 is 2.79 bits per heavy atom. The monoisotopic (exact) mass is 264 g/mol. The third kappa shape index (κ3) is 4.91. The number of ether oxygens (including phenoxy) is 1. The first-order valence-corrected chi connectivity index (χ1v) is 6.95. The van der Waals surface area contributed by atoms with E-state index in [1.54, 1.807) is 0 Å². The van der Waals surface area contributed by atoms with Gasteiger partial charge in [-0.1, -0.05) is 13.0 Å². The van der Waals surface area contributed by atoms with Crippen LogP contribution in [0.2, 0.25) is 0 Å². The fourth-order valence-electron chi connectivity index (χ4n) is 1.81. The third-order valence-electron chi connectivity index (χ3n) is 2.85. The zero-order chi connectivity index (χ0) is 14.1. The Balaban J connectivity index is 2.74. The number of nitrogens with zero attached hydrogens (tertiary/aromatic N) is 1. The number of hydrogen-bond donors (Lipinski definition) is 1. The van der Waals surface area contributed by atoms with Crippen molar-refractivity contribution < 1.29 is 9.53 Å². The number of nitrogens with two attached hydrogens (primary N) is 1. The van der Waals surface area contributed by atoms with Crippen molar-refractivity contribution in [3.63, 3.8) is 0 Å². The molecule has 0 aliphatic carbocycles. The highest BCUT2D eigenvalue weighted by Crippen LogP contribution is 2.15. The molecule has 0 unspecified atom stereocenters. The Morgan fingerprint density at radius 1 is 1.37 bits per heavy atom. The Labute approximate surface area is 115 Å². The number of amides is 1. The van der Waals surface area contributed by atoms with E-state index < -0.39 is 0 Å². The Bertz CT molecular complexity index is 393. The molecule has 0 radical (unpaired) electrons. The van der Waals surface area contributed by atoms with Gasteiger partial charge in [0.05, 0.1) is 6.61 Å². The zero-order valence-corrected chi connectivity index (χ0v) is 11.9. The average Bonchev–Trinajstić information content (AvgIpc) is 2.46. The summed E-state index contributed by atoms with van der Waals surface area (Å²) in [6.07, 6.45) is 1.78. The molecule has 0 saturated carbocycles. The van der Waals surface area contributed by atoms with Crippen LogP contribution in [-0.2, 0) is 0 Å². The second kappa shape index (κ2) is 8.53. The molecule has 0 spiro atoms. The predicted molar refractivity (Wildman–Crippen MR) is 77.5 cm³/mol. The van der Waals surface area contributed by atoms with Gasteiger partial charge in [0.1, 0.15) is 5.75 Å². The maximum atomic E-state index is 12.3. The van der Waals surface area contributed by atoms with Crippen LogP contribution in [0.15, 0.2) is 24.3 Å². The van der Waals surface area contributed by atoms with E-state index in [-0.39, 0.29) is 5.91 Å². The molecule has 0 aliphatic rings. The minimum Gasteiger partial charge on any atom is -0.494 e. The molecule has 0 aliphatic heterocycles. The zero-order valence-electron chi connectivity index (χ0n) is 11.9. The lowest BCUT2D eigenvalue weighted by molar-refractivity contribution is 0.0763. The van der Waals surface area contributed by atoms with Gasteiger partial charge in [-0.2, -0.15) is 0 Å². The number of carbonyl (C=O) groups is 1. The molecule has 0 aromatic heterocycles. The molecule has 19 heavy (non-hydrogen) atoms. The van der Waals surface area contributed by atoms with E-state index in [1.165, 1.54) is 0 Å². The van der Waals surface area contributed by atoms with Crippen molar-refractivity contribution >= 4 is 5.91 Å². The molecule has 1 aromatic carbocycles. The Hall–Kier alpha value is -1.55. The first-order valence-electron chi connectivity index (χ1n) is 6.95. The van der Waals surface area contributed by atoms with Crippen molar-refractivity contribution in [2.75, 3.05) is 26.2 Å². The molecule has 4 heteroatoms. The van der Waals surface area contributed by atoms with Crippen LogP contribution in [0, 0.1) is 0 Å². The van der Waals surface area contributed by atoms with Crippen molar-refractivity contribution in [2.24, 2.45) is 5.73 Å². The molecule has 4 nitrogen and oxygen atoms in total. The van der Waals surface area contributed by atoms with Crippen LogP contribution >= 0.6 is 0 Å². The predicted octanol–water partition coefficient (Wildman–Crippen LogP) is 2.29. The van der Waals surface area contributed by atoms with Crippen LogP contribution in [0.3, 0.4) is 0 Å². The topological polar surface area (TPSA) is 55.6 Å². The molecule has 0 saturated heterocycles. The lowest BCUT2D eigenvalue weighted by Gasteiger charge is -2.20. The van der Waals surface area contributed by atoms with Gasteiger partial charge in [0, 0.05) is 18.7 Å². The summed E-state index contributed by atoms with van der Waals surface area (Å²) < 4.78 is 5.55. The van der Waals surface area contributed by atoms with E-state index in [1.807, 2.05) is 36.1 Å². The summed E-state index contributed by atoms with van der Waals surface area (Å²) in [6.45, 7) is 6.70. The van der Waals surface area contributed by atoms with Gasteiger partial charge in [0.2, 0.25) is 0 Å². The van der Waals surface area contributed by atoms with Gasteiger partial charge in [-0.3, -0.25) is 4.79 Å². The lowest BCUT2D eigenvalue weighted by Crippen LogP contribution is -2.32. The van der Waals surface area contributed by atoms with Crippen LogP contribution in [0.1, 0.15) is 37.0 Å². The normalized spacial score (nSPS) is 10.3. The van der Waals surface area contributed by atoms with Gasteiger partial charge in [-0.05, 0) is 44.5 Å². The van der Waals surface area contributed by atoms with Crippen LogP contribution in [-0.4, -0.2) is 37.0 Å². The number of benzene rings is 1. The van der Waals surface area contributed by atoms with Gasteiger partial charge in [-0.25, -0.2) is 0 Å². The first kappa shape index (κ1) is 15.5. The summed E-state index contributed by atoms with van der Waals surface area (Å²) in [5.41, 5.74) is 6.16. The maximum Gasteiger partial charge on any atom is 0.253 e. The van der Waals surface area contributed by atoms with Gasteiger partial charge in [0.15, 0.2) is 0 Å². The summed E-state index contributed by atoms with van der Waals surface area (Å²) >= 11 is 0. The molecule has 1 rings (SSSR count). The average molecular weight is 264 g/mol. The summed E-state index contributed by atoms with van der Waals surface area (Å²) in [7, 11) is 0. The summed E-state index contributed by atoms with van der Waals surface area (Å²) in [5.74, 6) is 0.792. The summed E-state index contributed by atoms with van der Waals surface area (Å²) in [5, 5.41) is 0. The minimum absolute atomic E-state index is 0.0397. The van der Waals surface area contributed by atoms with Gasteiger partial charge in [-0.15, -0.1) is 0 Å². The van der Waals surface area contributed by atoms with E-state index in [2.05, 4.69) is 6.92 Å². The number of carbonyl (C=O) groups excluding carboxylic acids is 1. The highest BCUT2D eigenvalue weighted by molar-refractivity contribution is 5.94. The van der Waals surface area contributed by atoms with Gasteiger partial charge >= 0.3 is 0 Å². The number of rotatable bonds is 8.